The van der Waals surface area contributed by atoms with Gasteiger partial charge in [-0.15, -0.1) is 0 Å². The molecular weight excluding hydrogens is 254 g/mol. The van der Waals surface area contributed by atoms with Crippen LogP contribution in [0.25, 0.3) is 0 Å². The standard InChI is InChI=1S/C16H27NO3/c1-10(2)16(13(19)20)7-8-17(9-16)12(18)11-14(3,4)15(11,5)6/h10-11H,7-9H2,1-6H3,(H,19,20). The number of carbonyl (C=O) groups is 2. The summed E-state index contributed by atoms with van der Waals surface area (Å²) in [5.41, 5.74) is -0.744. The van der Waals surface area contributed by atoms with Crippen LogP contribution in [0.15, 0.2) is 0 Å². The first-order valence-electron chi connectivity index (χ1n) is 7.50. The predicted molar refractivity (Wildman–Crippen MR) is 77.2 cm³/mol. The van der Waals surface area contributed by atoms with Crippen LogP contribution in [0.4, 0.5) is 0 Å². The van der Waals surface area contributed by atoms with Crippen molar-refractivity contribution in [3.05, 3.63) is 0 Å². The average Bonchev–Trinajstić information content (AvgIpc) is 2.68. The van der Waals surface area contributed by atoms with E-state index in [1.54, 1.807) is 4.90 Å². The Bertz CT molecular complexity index is 439. The highest BCUT2D eigenvalue weighted by Crippen LogP contribution is 2.69. The molecule has 0 radical (unpaired) electrons. The molecule has 1 amide bonds. The third-order valence-electron chi connectivity index (χ3n) is 6.41. The molecule has 1 saturated carbocycles. The lowest BCUT2D eigenvalue weighted by atomic mass is 9.76. The van der Waals surface area contributed by atoms with Crippen LogP contribution in [0.5, 0.6) is 0 Å². The number of likely N-dealkylation sites (tertiary alicyclic amines) is 1. The Balaban J connectivity index is 2.15. The van der Waals surface area contributed by atoms with E-state index in [0.717, 1.165) is 0 Å². The Kier molecular flexibility index (Phi) is 3.23. The third kappa shape index (κ3) is 1.80. The van der Waals surface area contributed by atoms with Gasteiger partial charge in [0, 0.05) is 19.0 Å². The summed E-state index contributed by atoms with van der Waals surface area (Å²) in [5, 5.41) is 9.56. The number of hydrogen-bond donors (Lipinski definition) is 1. The highest BCUT2D eigenvalue weighted by molar-refractivity contribution is 5.86. The van der Waals surface area contributed by atoms with Crippen LogP contribution in [-0.4, -0.2) is 35.0 Å². The molecule has 1 unspecified atom stereocenters. The molecule has 1 heterocycles. The molecule has 114 valence electrons. The average molecular weight is 281 g/mol. The fourth-order valence-electron chi connectivity index (χ4n) is 3.91. The fraction of sp³-hybridized carbons (Fsp3) is 0.875. The quantitative estimate of drug-likeness (QED) is 0.865. The third-order valence-corrected chi connectivity index (χ3v) is 6.41. The molecule has 0 aromatic heterocycles. The van der Waals surface area contributed by atoms with Crippen LogP contribution in [0.3, 0.4) is 0 Å². The van der Waals surface area contributed by atoms with E-state index in [9.17, 15) is 14.7 Å². The normalized spacial score (nSPS) is 31.6. The maximum atomic E-state index is 12.7. The lowest BCUT2D eigenvalue weighted by Crippen LogP contribution is -2.41. The van der Waals surface area contributed by atoms with Crippen LogP contribution in [0.1, 0.15) is 48.0 Å². The number of amides is 1. The summed E-state index contributed by atoms with van der Waals surface area (Å²) in [4.78, 5) is 26.1. The molecule has 2 rings (SSSR count). The molecule has 2 fully saturated rings. The topological polar surface area (TPSA) is 57.6 Å². The maximum Gasteiger partial charge on any atom is 0.311 e. The van der Waals surface area contributed by atoms with E-state index in [-0.39, 0.29) is 28.6 Å². The minimum atomic E-state index is -0.767. The molecule has 2 aliphatic rings. The van der Waals surface area contributed by atoms with Crippen molar-refractivity contribution in [2.75, 3.05) is 13.1 Å². The summed E-state index contributed by atoms with van der Waals surface area (Å²) in [6, 6.07) is 0. The number of rotatable bonds is 3. The highest BCUT2D eigenvalue weighted by atomic mass is 16.4. The van der Waals surface area contributed by atoms with Crippen molar-refractivity contribution in [1.82, 2.24) is 4.90 Å². The molecule has 1 N–H and O–H groups in total. The van der Waals surface area contributed by atoms with Gasteiger partial charge >= 0.3 is 5.97 Å². The van der Waals surface area contributed by atoms with Gasteiger partial charge in [0.15, 0.2) is 0 Å². The molecule has 1 aliphatic carbocycles. The van der Waals surface area contributed by atoms with Crippen molar-refractivity contribution in [3.63, 3.8) is 0 Å². The summed E-state index contributed by atoms with van der Waals surface area (Å²) >= 11 is 0. The van der Waals surface area contributed by atoms with E-state index in [0.29, 0.717) is 19.5 Å². The summed E-state index contributed by atoms with van der Waals surface area (Å²) < 4.78 is 0. The first-order valence-corrected chi connectivity index (χ1v) is 7.50. The van der Waals surface area contributed by atoms with Crippen molar-refractivity contribution in [2.24, 2.45) is 28.1 Å². The molecule has 1 atom stereocenters. The van der Waals surface area contributed by atoms with Gasteiger partial charge in [-0.2, -0.15) is 0 Å². The van der Waals surface area contributed by atoms with Crippen LogP contribution < -0.4 is 0 Å². The van der Waals surface area contributed by atoms with E-state index in [4.69, 9.17) is 0 Å². The Hall–Kier alpha value is -1.06. The number of carboxylic acid groups (broad SMARTS) is 1. The SMILES string of the molecule is CC(C)C1(C(=O)O)CCN(C(=O)C2C(C)(C)C2(C)C)C1. The van der Waals surface area contributed by atoms with Gasteiger partial charge in [0.1, 0.15) is 0 Å². The Morgan fingerprint density at radius 1 is 1.15 bits per heavy atom. The van der Waals surface area contributed by atoms with E-state index in [1.807, 2.05) is 13.8 Å². The Labute approximate surface area is 121 Å². The van der Waals surface area contributed by atoms with Crippen LogP contribution >= 0.6 is 0 Å². The summed E-state index contributed by atoms with van der Waals surface area (Å²) in [7, 11) is 0. The first kappa shape index (κ1) is 15.3. The molecule has 0 aromatic carbocycles. The minimum Gasteiger partial charge on any atom is -0.481 e. The van der Waals surface area contributed by atoms with Crippen LogP contribution in [0.2, 0.25) is 0 Å². The second kappa shape index (κ2) is 4.22. The van der Waals surface area contributed by atoms with Crippen molar-refractivity contribution >= 4 is 11.9 Å². The van der Waals surface area contributed by atoms with E-state index in [2.05, 4.69) is 27.7 Å². The van der Waals surface area contributed by atoms with Crippen LogP contribution in [-0.2, 0) is 9.59 Å². The minimum absolute atomic E-state index is 0.0103. The van der Waals surface area contributed by atoms with Gasteiger partial charge in [0.2, 0.25) is 5.91 Å². The molecule has 4 nitrogen and oxygen atoms in total. The molecule has 0 spiro atoms. The van der Waals surface area contributed by atoms with Gasteiger partial charge in [-0.1, -0.05) is 41.5 Å². The fourth-order valence-corrected chi connectivity index (χ4v) is 3.91. The van der Waals surface area contributed by atoms with Gasteiger partial charge in [0.05, 0.1) is 5.41 Å². The predicted octanol–water partition coefficient (Wildman–Crippen LogP) is 2.63. The second-order valence-corrected chi connectivity index (χ2v) is 8.00. The van der Waals surface area contributed by atoms with Crippen molar-refractivity contribution in [1.29, 1.82) is 0 Å². The summed E-state index contributed by atoms with van der Waals surface area (Å²) in [6.07, 6.45) is 0.569. The zero-order chi connectivity index (χ0) is 15.5. The maximum absolute atomic E-state index is 12.7. The largest absolute Gasteiger partial charge is 0.481 e. The van der Waals surface area contributed by atoms with Gasteiger partial charge in [0.25, 0.3) is 0 Å². The molecule has 1 aliphatic heterocycles. The molecule has 1 saturated heterocycles. The molecule has 4 heteroatoms. The van der Waals surface area contributed by atoms with Gasteiger partial charge in [-0.3, -0.25) is 9.59 Å². The zero-order valence-electron chi connectivity index (χ0n) is 13.5. The smallest absolute Gasteiger partial charge is 0.311 e. The Morgan fingerprint density at radius 2 is 1.65 bits per heavy atom. The number of hydrogen-bond acceptors (Lipinski definition) is 2. The molecule has 0 bridgehead atoms. The second-order valence-electron chi connectivity index (χ2n) is 8.00. The van der Waals surface area contributed by atoms with Crippen molar-refractivity contribution in [2.45, 2.75) is 48.0 Å². The number of carboxylic acids is 1. The number of carbonyl (C=O) groups excluding carboxylic acids is 1. The van der Waals surface area contributed by atoms with E-state index < -0.39 is 11.4 Å². The monoisotopic (exact) mass is 281 g/mol. The van der Waals surface area contributed by atoms with Gasteiger partial charge in [-0.05, 0) is 23.2 Å². The molecule has 0 aromatic rings. The Morgan fingerprint density at radius 3 is 1.95 bits per heavy atom. The summed E-state index contributed by atoms with van der Waals surface area (Å²) in [5.74, 6) is -0.564. The van der Waals surface area contributed by atoms with Gasteiger partial charge in [-0.25, -0.2) is 0 Å². The van der Waals surface area contributed by atoms with Crippen molar-refractivity contribution < 1.29 is 14.7 Å². The number of nitrogens with zero attached hydrogens (tertiary/aromatic N) is 1. The lowest BCUT2D eigenvalue weighted by Gasteiger charge is -2.28. The molecule has 20 heavy (non-hydrogen) atoms. The van der Waals surface area contributed by atoms with Crippen LogP contribution in [0, 0.1) is 28.1 Å². The lowest BCUT2D eigenvalue weighted by molar-refractivity contribution is -0.151. The number of aliphatic carboxylic acids is 1. The zero-order valence-corrected chi connectivity index (χ0v) is 13.5. The molecular formula is C16H27NO3. The van der Waals surface area contributed by atoms with E-state index in [1.165, 1.54) is 0 Å². The highest BCUT2D eigenvalue weighted by Gasteiger charge is 2.69. The summed E-state index contributed by atoms with van der Waals surface area (Å²) in [6.45, 7) is 13.3. The van der Waals surface area contributed by atoms with Gasteiger partial charge < -0.3 is 10.0 Å². The van der Waals surface area contributed by atoms with Crippen molar-refractivity contribution in [3.8, 4) is 0 Å². The first-order chi connectivity index (χ1) is 8.98. The van der Waals surface area contributed by atoms with E-state index >= 15 is 0 Å².